The van der Waals surface area contributed by atoms with Crippen LogP contribution in [0.1, 0.15) is 60.5 Å². The van der Waals surface area contributed by atoms with Gasteiger partial charge in [0, 0.05) is 42.5 Å². The lowest BCUT2D eigenvalue weighted by molar-refractivity contribution is -0.134. The molecule has 2 aliphatic rings. The molecule has 1 amide bonds. The van der Waals surface area contributed by atoms with Crippen molar-refractivity contribution in [2.75, 3.05) is 13.1 Å². The Morgan fingerprint density at radius 3 is 2.81 bits per heavy atom. The van der Waals surface area contributed by atoms with Gasteiger partial charge in [-0.15, -0.1) is 0 Å². The maximum absolute atomic E-state index is 13.3. The predicted molar refractivity (Wildman–Crippen MR) is 102 cm³/mol. The zero-order valence-corrected chi connectivity index (χ0v) is 15.6. The number of aromatic amines is 1. The Bertz CT molecular complexity index is 981. The minimum absolute atomic E-state index is 0.0369. The molecule has 1 aliphatic heterocycles. The van der Waals surface area contributed by atoms with Gasteiger partial charge in [0.15, 0.2) is 5.82 Å². The van der Waals surface area contributed by atoms with Crippen LogP contribution in [0.15, 0.2) is 28.8 Å². The van der Waals surface area contributed by atoms with Crippen LogP contribution in [-0.2, 0) is 11.2 Å². The molecular formula is C21H24N4O2. The van der Waals surface area contributed by atoms with Crippen LogP contribution < -0.4 is 0 Å². The molecule has 0 bridgehead atoms. The first-order chi connectivity index (χ1) is 13.2. The maximum atomic E-state index is 13.3. The van der Waals surface area contributed by atoms with Gasteiger partial charge in [0.25, 0.3) is 0 Å². The van der Waals surface area contributed by atoms with E-state index in [1.807, 2.05) is 17.9 Å². The first kappa shape index (κ1) is 16.5. The van der Waals surface area contributed by atoms with Crippen molar-refractivity contribution >= 4 is 16.8 Å². The van der Waals surface area contributed by atoms with Crippen molar-refractivity contribution in [3.63, 3.8) is 0 Å². The van der Waals surface area contributed by atoms with Gasteiger partial charge in [-0.05, 0) is 43.7 Å². The van der Waals surface area contributed by atoms with E-state index < -0.39 is 0 Å². The summed E-state index contributed by atoms with van der Waals surface area (Å²) >= 11 is 0. The van der Waals surface area contributed by atoms with Crippen LogP contribution in [0.4, 0.5) is 0 Å². The van der Waals surface area contributed by atoms with Crippen LogP contribution in [0.25, 0.3) is 10.9 Å². The number of carbonyl (C=O) groups is 1. The molecule has 1 aromatic carbocycles. The standard InChI is InChI=1S/C21H24N4O2/c1-13-22-20(24-27-13)14-9-11-25(12-10-14)21(26)17-7-4-6-16-15-5-2-3-8-18(15)23-19(16)17/h2-3,5,8,14,17,23H,4,6-7,9-12H2,1H3. The zero-order chi connectivity index (χ0) is 18.4. The average molecular weight is 364 g/mol. The van der Waals surface area contributed by atoms with Gasteiger partial charge in [-0.1, -0.05) is 23.4 Å². The third-order valence-corrected chi connectivity index (χ3v) is 6.13. The second-order valence-electron chi connectivity index (χ2n) is 7.78. The minimum atomic E-state index is -0.0369. The Morgan fingerprint density at radius 1 is 1.22 bits per heavy atom. The minimum Gasteiger partial charge on any atom is -0.357 e. The number of nitrogens with one attached hydrogen (secondary N) is 1. The molecule has 6 nitrogen and oxygen atoms in total. The molecule has 3 heterocycles. The van der Waals surface area contributed by atoms with Gasteiger partial charge in [0.1, 0.15) is 0 Å². The summed E-state index contributed by atoms with van der Waals surface area (Å²) in [5, 5.41) is 5.33. The van der Waals surface area contributed by atoms with Crippen LogP contribution >= 0.6 is 0 Å². The van der Waals surface area contributed by atoms with Crippen molar-refractivity contribution in [3.05, 3.63) is 47.2 Å². The molecule has 3 aromatic rings. The van der Waals surface area contributed by atoms with E-state index in [1.165, 1.54) is 10.9 Å². The predicted octanol–water partition coefficient (Wildman–Crippen LogP) is 3.69. The average Bonchev–Trinajstić information content (AvgIpc) is 3.31. The smallest absolute Gasteiger partial charge is 0.231 e. The van der Waals surface area contributed by atoms with Crippen LogP contribution in [0.3, 0.4) is 0 Å². The quantitative estimate of drug-likeness (QED) is 0.752. The zero-order valence-electron chi connectivity index (χ0n) is 15.6. The molecule has 27 heavy (non-hydrogen) atoms. The summed E-state index contributed by atoms with van der Waals surface area (Å²) in [6.07, 6.45) is 4.86. The normalized spacial score (nSPS) is 20.8. The van der Waals surface area contributed by atoms with Crippen molar-refractivity contribution in [3.8, 4) is 0 Å². The van der Waals surface area contributed by atoms with E-state index >= 15 is 0 Å². The first-order valence-corrected chi connectivity index (χ1v) is 9.89. The van der Waals surface area contributed by atoms with Gasteiger partial charge in [0.2, 0.25) is 11.8 Å². The highest BCUT2D eigenvalue weighted by Gasteiger charge is 2.34. The summed E-state index contributed by atoms with van der Waals surface area (Å²) in [6.45, 7) is 3.35. The summed E-state index contributed by atoms with van der Waals surface area (Å²) in [7, 11) is 0. The number of piperidine rings is 1. The lowest BCUT2D eigenvalue weighted by Crippen LogP contribution is -2.41. The van der Waals surface area contributed by atoms with Crippen molar-refractivity contribution in [1.82, 2.24) is 20.0 Å². The molecule has 0 radical (unpaired) electrons. The number of H-pyrrole nitrogens is 1. The fraction of sp³-hybridized carbons (Fsp3) is 0.476. The highest BCUT2D eigenvalue weighted by Crippen LogP contribution is 2.38. The van der Waals surface area contributed by atoms with Gasteiger partial charge in [-0.3, -0.25) is 4.79 Å². The van der Waals surface area contributed by atoms with Gasteiger partial charge in [0.05, 0.1) is 5.92 Å². The van der Waals surface area contributed by atoms with E-state index in [4.69, 9.17) is 4.52 Å². The van der Waals surface area contributed by atoms with Crippen molar-refractivity contribution in [2.45, 2.75) is 50.9 Å². The number of likely N-dealkylation sites (tertiary alicyclic amines) is 1. The molecule has 1 atom stereocenters. The highest BCUT2D eigenvalue weighted by atomic mass is 16.5. The van der Waals surface area contributed by atoms with Crippen LogP contribution in [-0.4, -0.2) is 39.0 Å². The van der Waals surface area contributed by atoms with E-state index in [9.17, 15) is 4.79 Å². The molecule has 5 rings (SSSR count). The highest BCUT2D eigenvalue weighted by molar-refractivity contribution is 5.90. The SMILES string of the molecule is Cc1nc(C2CCN(C(=O)C3CCCc4c3[nH]c3ccccc43)CC2)no1. The molecule has 1 unspecified atom stereocenters. The Balaban J connectivity index is 1.34. The van der Waals surface area contributed by atoms with Gasteiger partial charge >= 0.3 is 0 Å². The number of hydrogen-bond donors (Lipinski definition) is 1. The van der Waals surface area contributed by atoms with Crippen LogP contribution in [0.2, 0.25) is 0 Å². The number of aryl methyl sites for hydroxylation is 2. The topological polar surface area (TPSA) is 75.0 Å². The monoisotopic (exact) mass is 364 g/mol. The molecule has 0 saturated carbocycles. The fourth-order valence-electron chi connectivity index (χ4n) is 4.72. The molecule has 6 heteroatoms. The van der Waals surface area contributed by atoms with Crippen molar-refractivity contribution < 1.29 is 9.32 Å². The Labute approximate surface area is 157 Å². The molecule has 1 aliphatic carbocycles. The fourth-order valence-corrected chi connectivity index (χ4v) is 4.72. The first-order valence-electron chi connectivity index (χ1n) is 9.89. The summed E-state index contributed by atoms with van der Waals surface area (Å²) < 4.78 is 5.11. The molecule has 1 fully saturated rings. The summed E-state index contributed by atoms with van der Waals surface area (Å²) in [5.41, 5.74) is 3.63. The van der Waals surface area contributed by atoms with Gasteiger partial charge in [-0.25, -0.2) is 0 Å². The Morgan fingerprint density at radius 2 is 2.04 bits per heavy atom. The third kappa shape index (κ3) is 2.83. The molecule has 2 aromatic heterocycles. The van der Waals surface area contributed by atoms with E-state index in [1.54, 1.807) is 0 Å². The van der Waals surface area contributed by atoms with Crippen molar-refractivity contribution in [2.24, 2.45) is 0 Å². The molecule has 140 valence electrons. The summed E-state index contributed by atoms with van der Waals surface area (Å²) in [5.74, 6) is 1.92. The summed E-state index contributed by atoms with van der Waals surface area (Å²) in [4.78, 5) is 23.2. The molecule has 1 saturated heterocycles. The third-order valence-electron chi connectivity index (χ3n) is 6.13. The number of amides is 1. The number of rotatable bonds is 2. The Hall–Kier alpha value is -2.63. The lowest BCUT2D eigenvalue weighted by atomic mass is 9.85. The number of fused-ring (bicyclic) bond motifs is 3. The van der Waals surface area contributed by atoms with E-state index in [-0.39, 0.29) is 11.8 Å². The van der Waals surface area contributed by atoms with E-state index in [0.29, 0.717) is 11.8 Å². The van der Waals surface area contributed by atoms with Crippen LogP contribution in [0.5, 0.6) is 0 Å². The number of hydrogen-bond acceptors (Lipinski definition) is 4. The van der Waals surface area contributed by atoms with Crippen LogP contribution in [0, 0.1) is 6.92 Å². The largest absolute Gasteiger partial charge is 0.357 e. The Kier molecular flexibility index (Phi) is 3.99. The number of nitrogens with zero attached hydrogens (tertiary/aromatic N) is 3. The van der Waals surface area contributed by atoms with Gasteiger partial charge in [-0.2, -0.15) is 4.98 Å². The second kappa shape index (κ2) is 6.51. The summed E-state index contributed by atoms with van der Waals surface area (Å²) in [6, 6.07) is 8.39. The molecular weight excluding hydrogens is 340 g/mol. The number of para-hydroxylation sites is 1. The lowest BCUT2D eigenvalue weighted by Gasteiger charge is -2.34. The second-order valence-corrected chi connectivity index (χ2v) is 7.78. The van der Waals surface area contributed by atoms with E-state index in [2.05, 4.69) is 33.3 Å². The number of benzene rings is 1. The number of carbonyl (C=O) groups excluding carboxylic acids is 1. The number of aromatic nitrogens is 3. The molecule has 1 N–H and O–H groups in total. The van der Waals surface area contributed by atoms with Crippen molar-refractivity contribution in [1.29, 1.82) is 0 Å². The molecule has 0 spiro atoms. The van der Waals surface area contributed by atoms with Gasteiger partial charge < -0.3 is 14.4 Å². The van der Waals surface area contributed by atoms with E-state index in [0.717, 1.165) is 62.2 Å². The maximum Gasteiger partial charge on any atom is 0.231 e.